The molecule has 2 amide bonds. The highest BCUT2D eigenvalue weighted by atomic mass is 19.4. The topological polar surface area (TPSA) is 119 Å². The van der Waals surface area contributed by atoms with E-state index >= 15 is 0 Å². The lowest BCUT2D eigenvalue weighted by Crippen LogP contribution is -2.23. The van der Waals surface area contributed by atoms with Crippen LogP contribution in [0.4, 0.5) is 19.0 Å². The first-order valence-electron chi connectivity index (χ1n) is 12.4. The number of hydrogen-bond donors (Lipinski definition) is 2. The van der Waals surface area contributed by atoms with E-state index in [4.69, 9.17) is 5.73 Å². The molecule has 3 heterocycles. The summed E-state index contributed by atoms with van der Waals surface area (Å²) in [4.78, 5) is 34.3. The third-order valence-corrected chi connectivity index (χ3v) is 6.38. The van der Waals surface area contributed by atoms with Crippen LogP contribution in [0, 0.1) is 0 Å². The first kappa shape index (κ1) is 27.3. The summed E-state index contributed by atoms with van der Waals surface area (Å²) in [6.45, 7) is 0.285. The minimum atomic E-state index is -4.65. The fourth-order valence-corrected chi connectivity index (χ4v) is 4.17. The molecule has 0 bridgehead atoms. The minimum Gasteiger partial charge on any atom is -0.383 e. The molecule has 0 saturated heterocycles. The molecule has 0 radical (unpaired) electrons. The summed E-state index contributed by atoms with van der Waals surface area (Å²) in [6, 6.07) is 17.9. The number of fused-ring (bicyclic) bond motifs is 1. The second-order valence-electron chi connectivity index (χ2n) is 9.44. The molecule has 0 spiro atoms. The Labute approximate surface area is 232 Å². The summed E-state index contributed by atoms with van der Waals surface area (Å²) in [5.41, 5.74) is 8.41. The van der Waals surface area contributed by atoms with E-state index in [1.54, 1.807) is 81.0 Å². The predicted molar refractivity (Wildman–Crippen MR) is 147 cm³/mol. The predicted octanol–water partition coefficient (Wildman–Crippen LogP) is 4.69. The van der Waals surface area contributed by atoms with Crippen LogP contribution in [0.5, 0.6) is 0 Å². The molecule has 0 atom stereocenters. The summed E-state index contributed by atoms with van der Waals surface area (Å²) in [6.07, 6.45) is -1.82. The number of pyridine rings is 1. The zero-order valence-corrected chi connectivity index (χ0v) is 22.0. The number of imidazole rings is 1. The smallest absolute Gasteiger partial charge is 0.383 e. The number of rotatable bonds is 6. The van der Waals surface area contributed by atoms with Crippen LogP contribution in [-0.4, -0.2) is 50.4 Å². The molecule has 5 rings (SSSR count). The van der Waals surface area contributed by atoms with Crippen LogP contribution in [0.2, 0.25) is 0 Å². The molecule has 0 aliphatic heterocycles. The standard InChI is InChI=1S/C29H24F3N7O2/c1-38(2)28(41)20-5-3-17(4-6-20)14-36-27(40)19-9-7-18(8-10-19)24-16-34-25-12-11-23(37-39(24)25)21-13-22(29(30,31)32)26(33)35-15-21/h3-13,15-16H,14H2,1-2H3,(H2,33,35)(H,36,40). The van der Waals surface area contributed by atoms with Crippen molar-refractivity contribution in [3.05, 3.63) is 101 Å². The van der Waals surface area contributed by atoms with Gasteiger partial charge in [0.2, 0.25) is 0 Å². The van der Waals surface area contributed by atoms with Crippen LogP contribution in [0.15, 0.2) is 79.1 Å². The third-order valence-electron chi connectivity index (χ3n) is 6.38. The molecule has 0 unspecified atom stereocenters. The van der Waals surface area contributed by atoms with Gasteiger partial charge in [0.15, 0.2) is 5.65 Å². The Morgan fingerprint density at radius 2 is 1.59 bits per heavy atom. The van der Waals surface area contributed by atoms with Crippen LogP contribution >= 0.6 is 0 Å². The normalized spacial score (nSPS) is 11.4. The molecule has 0 fully saturated rings. The van der Waals surface area contributed by atoms with E-state index in [-0.39, 0.29) is 29.6 Å². The van der Waals surface area contributed by atoms with Gasteiger partial charge in [-0.25, -0.2) is 14.5 Å². The number of hydrogen-bond acceptors (Lipinski definition) is 6. The molecule has 12 heteroatoms. The van der Waals surface area contributed by atoms with E-state index in [0.717, 1.165) is 11.6 Å². The first-order valence-corrected chi connectivity index (χ1v) is 12.4. The largest absolute Gasteiger partial charge is 0.419 e. The average Bonchev–Trinajstić information content (AvgIpc) is 3.39. The van der Waals surface area contributed by atoms with Crippen LogP contribution in [0.1, 0.15) is 31.8 Å². The van der Waals surface area contributed by atoms with Crippen molar-refractivity contribution >= 4 is 23.3 Å². The maximum absolute atomic E-state index is 13.3. The molecule has 208 valence electrons. The van der Waals surface area contributed by atoms with Crippen molar-refractivity contribution in [1.29, 1.82) is 0 Å². The molecule has 3 N–H and O–H groups in total. The van der Waals surface area contributed by atoms with E-state index in [1.807, 2.05) is 0 Å². The van der Waals surface area contributed by atoms with Crippen molar-refractivity contribution < 1.29 is 22.8 Å². The van der Waals surface area contributed by atoms with Gasteiger partial charge in [-0.3, -0.25) is 9.59 Å². The second-order valence-corrected chi connectivity index (χ2v) is 9.44. The van der Waals surface area contributed by atoms with Gasteiger partial charge >= 0.3 is 6.18 Å². The van der Waals surface area contributed by atoms with Gasteiger partial charge in [-0.1, -0.05) is 24.3 Å². The molecule has 0 aliphatic carbocycles. The number of benzene rings is 2. The van der Waals surface area contributed by atoms with Gasteiger partial charge in [0.25, 0.3) is 11.8 Å². The van der Waals surface area contributed by atoms with E-state index < -0.39 is 17.6 Å². The third kappa shape index (κ3) is 5.71. The molecule has 0 saturated carbocycles. The summed E-state index contributed by atoms with van der Waals surface area (Å²) >= 11 is 0. The zero-order chi connectivity index (χ0) is 29.3. The maximum atomic E-state index is 13.3. The molecule has 3 aromatic heterocycles. The molecule has 41 heavy (non-hydrogen) atoms. The summed E-state index contributed by atoms with van der Waals surface area (Å²) < 4.78 is 41.5. The number of nitrogens with zero attached hydrogens (tertiary/aromatic N) is 5. The number of amides is 2. The average molecular weight is 560 g/mol. The maximum Gasteiger partial charge on any atom is 0.419 e. The van der Waals surface area contributed by atoms with Crippen molar-refractivity contribution in [3.63, 3.8) is 0 Å². The highest BCUT2D eigenvalue weighted by Crippen LogP contribution is 2.35. The van der Waals surface area contributed by atoms with Crippen LogP contribution < -0.4 is 11.1 Å². The molecular weight excluding hydrogens is 535 g/mol. The lowest BCUT2D eigenvalue weighted by atomic mass is 10.1. The summed E-state index contributed by atoms with van der Waals surface area (Å²) in [5.74, 6) is -0.986. The van der Waals surface area contributed by atoms with Crippen molar-refractivity contribution in [2.24, 2.45) is 0 Å². The molecule has 9 nitrogen and oxygen atoms in total. The van der Waals surface area contributed by atoms with Gasteiger partial charge in [-0.2, -0.15) is 18.3 Å². The highest BCUT2D eigenvalue weighted by molar-refractivity contribution is 5.95. The Bertz CT molecular complexity index is 1750. The van der Waals surface area contributed by atoms with E-state index in [0.29, 0.717) is 28.0 Å². The number of carbonyl (C=O) groups excluding carboxylic acids is 2. The summed E-state index contributed by atoms with van der Waals surface area (Å²) in [5, 5.41) is 7.34. The van der Waals surface area contributed by atoms with E-state index in [2.05, 4.69) is 20.4 Å². The Hall–Kier alpha value is -5.26. The zero-order valence-electron chi connectivity index (χ0n) is 22.0. The molecular formula is C29H24F3N7O2. The minimum absolute atomic E-state index is 0.101. The Morgan fingerprint density at radius 3 is 2.24 bits per heavy atom. The Morgan fingerprint density at radius 1 is 0.902 bits per heavy atom. The fourth-order valence-electron chi connectivity index (χ4n) is 4.17. The van der Waals surface area contributed by atoms with Gasteiger partial charge in [0.1, 0.15) is 5.82 Å². The number of halogens is 3. The van der Waals surface area contributed by atoms with Crippen LogP contribution in [0.25, 0.3) is 28.2 Å². The SMILES string of the molecule is CN(C)C(=O)c1ccc(CNC(=O)c2ccc(-c3cnc4ccc(-c5cnc(N)c(C(F)(F)F)c5)nn34)cc2)cc1. The Balaban J connectivity index is 1.32. The van der Waals surface area contributed by atoms with Crippen molar-refractivity contribution in [3.8, 4) is 22.5 Å². The van der Waals surface area contributed by atoms with Crippen LogP contribution in [0.3, 0.4) is 0 Å². The van der Waals surface area contributed by atoms with Crippen molar-refractivity contribution in [1.82, 2.24) is 29.8 Å². The molecule has 5 aromatic rings. The fraction of sp³-hybridized carbons (Fsp3) is 0.138. The van der Waals surface area contributed by atoms with Gasteiger partial charge in [0, 0.05) is 49.1 Å². The number of nitrogens with two attached hydrogens (primary N) is 1. The number of alkyl halides is 3. The number of nitrogens with one attached hydrogen (secondary N) is 1. The number of carbonyl (C=O) groups is 2. The van der Waals surface area contributed by atoms with E-state index in [1.165, 1.54) is 15.6 Å². The Kier molecular flexibility index (Phi) is 7.14. The van der Waals surface area contributed by atoms with E-state index in [9.17, 15) is 22.8 Å². The lowest BCUT2D eigenvalue weighted by molar-refractivity contribution is -0.137. The molecule has 2 aromatic carbocycles. The van der Waals surface area contributed by atoms with Gasteiger partial charge in [0.05, 0.1) is 23.1 Å². The number of aromatic nitrogens is 4. The van der Waals surface area contributed by atoms with Gasteiger partial charge in [-0.15, -0.1) is 0 Å². The monoisotopic (exact) mass is 559 g/mol. The second kappa shape index (κ2) is 10.7. The van der Waals surface area contributed by atoms with Crippen LogP contribution in [-0.2, 0) is 12.7 Å². The van der Waals surface area contributed by atoms with Gasteiger partial charge < -0.3 is 16.0 Å². The summed E-state index contributed by atoms with van der Waals surface area (Å²) in [7, 11) is 3.36. The van der Waals surface area contributed by atoms with Gasteiger partial charge in [-0.05, 0) is 48.0 Å². The highest BCUT2D eigenvalue weighted by Gasteiger charge is 2.34. The quantitative estimate of drug-likeness (QED) is 0.312. The lowest BCUT2D eigenvalue weighted by Gasteiger charge is -2.11. The van der Waals surface area contributed by atoms with Crippen molar-refractivity contribution in [2.75, 3.05) is 19.8 Å². The first-order chi connectivity index (χ1) is 19.5. The number of anilines is 1. The molecule has 0 aliphatic rings. The van der Waals surface area contributed by atoms with Crippen molar-refractivity contribution in [2.45, 2.75) is 12.7 Å². The number of nitrogen functional groups attached to an aromatic ring is 1.